The van der Waals surface area contributed by atoms with E-state index in [0.717, 1.165) is 6.42 Å². The fourth-order valence-electron chi connectivity index (χ4n) is 1.93. The second kappa shape index (κ2) is 11.9. The third-order valence-corrected chi connectivity index (χ3v) is 3.09. The van der Waals surface area contributed by atoms with Gasteiger partial charge in [0.2, 0.25) is 0 Å². The van der Waals surface area contributed by atoms with Gasteiger partial charge in [-0.1, -0.05) is 58.8 Å². The van der Waals surface area contributed by atoms with Gasteiger partial charge in [-0.05, 0) is 19.8 Å². The average Bonchev–Trinajstić information content (AvgIpc) is 2.32. The highest BCUT2D eigenvalue weighted by molar-refractivity contribution is 5.69. The maximum Gasteiger partial charge on any atom is 0.305 e. The highest BCUT2D eigenvalue weighted by atomic mass is 16.5. The van der Waals surface area contributed by atoms with Crippen molar-refractivity contribution in [1.29, 1.82) is 0 Å². The highest BCUT2D eigenvalue weighted by Crippen LogP contribution is 2.11. The number of carbonyl (C=O) groups is 1. The molecule has 0 aromatic heterocycles. The van der Waals surface area contributed by atoms with Crippen molar-refractivity contribution >= 4 is 5.97 Å². The molecule has 0 aromatic rings. The van der Waals surface area contributed by atoms with Crippen molar-refractivity contribution in [3.8, 4) is 0 Å². The first-order chi connectivity index (χ1) is 8.20. The average molecular weight is 242 g/mol. The summed E-state index contributed by atoms with van der Waals surface area (Å²) >= 11 is 0. The second-order valence-corrected chi connectivity index (χ2v) is 4.92. The van der Waals surface area contributed by atoms with Crippen LogP contribution in [0, 0.1) is 0 Å². The largest absolute Gasteiger partial charge is 0.463 e. The molecule has 0 amide bonds. The summed E-state index contributed by atoms with van der Waals surface area (Å²) in [6.07, 6.45) is 12.2. The monoisotopic (exact) mass is 242 g/mol. The van der Waals surface area contributed by atoms with Gasteiger partial charge < -0.3 is 4.74 Å². The van der Waals surface area contributed by atoms with Crippen LogP contribution in [0.1, 0.15) is 85.0 Å². The van der Waals surface area contributed by atoms with Crippen LogP contribution in [0.4, 0.5) is 0 Å². The van der Waals surface area contributed by atoms with Crippen molar-refractivity contribution in [2.45, 2.75) is 91.1 Å². The summed E-state index contributed by atoms with van der Waals surface area (Å²) in [5.74, 6) is -0.0722. The van der Waals surface area contributed by atoms with Crippen LogP contribution in [0.5, 0.6) is 0 Å². The quantitative estimate of drug-likeness (QED) is 0.382. The molecular weight excluding hydrogens is 212 g/mol. The third-order valence-electron chi connectivity index (χ3n) is 3.09. The van der Waals surface area contributed by atoms with Crippen LogP contribution in [0.25, 0.3) is 0 Å². The molecule has 102 valence electrons. The summed E-state index contributed by atoms with van der Waals surface area (Å²) in [5.41, 5.74) is 0. The van der Waals surface area contributed by atoms with Crippen molar-refractivity contribution in [2.24, 2.45) is 0 Å². The van der Waals surface area contributed by atoms with Gasteiger partial charge in [0.1, 0.15) is 0 Å². The van der Waals surface area contributed by atoms with Gasteiger partial charge in [0.15, 0.2) is 0 Å². The zero-order chi connectivity index (χ0) is 12.9. The molecule has 0 spiro atoms. The molecule has 0 heterocycles. The minimum Gasteiger partial charge on any atom is -0.463 e. The van der Waals surface area contributed by atoms with Gasteiger partial charge in [-0.25, -0.2) is 0 Å². The molecule has 0 aliphatic carbocycles. The predicted molar refractivity (Wildman–Crippen MR) is 73.1 cm³/mol. The van der Waals surface area contributed by atoms with E-state index in [1.54, 1.807) is 0 Å². The fraction of sp³-hybridized carbons (Fsp3) is 0.933. The Kier molecular flexibility index (Phi) is 11.6. The highest BCUT2D eigenvalue weighted by Gasteiger charge is 2.06. The summed E-state index contributed by atoms with van der Waals surface area (Å²) in [6, 6.07) is 0. The summed E-state index contributed by atoms with van der Waals surface area (Å²) in [5, 5.41) is 0. The molecular formula is C15H30O2. The number of carbonyl (C=O) groups excluding carboxylic acids is 1. The topological polar surface area (TPSA) is 26.3 Å². The van der Waals surface area contributed by atoms with Crippen molar-refractivity contribution in [1.82, 2.24) is 0 Å². The lowest BCUT2D eigenvalue weighted by Gasteiger charge is -2.12. The van der Waals surface area contributed by atoms with Gasteiger partial charge in [-0.2, -0.15) is 0 Å². The molecule has 0 aliphatic heterocycles. The number of unbranched alkanes of at least 4 members (excludes halogenated alkanes) is 7. The Balaban J connectivity index is 3.19. The SMILES string of the molecule is CCCCCCCCCCC(C)OC(=O)CC. The first kappa shape index (κ1) is 16.5. The Bertz CT molecular complexity index is 178. The zero-order valence-electron chi connectivity index (χ0n) is 12.0. The summed E-state index contributed by atoms with van der Waals surface area (Å²) in [4.78, 5) is 11.0. The van der Waals surface area contributed by atoms with Gasteiger partial charge >= 0.3 is 5.97 Å². The molecule has 0 saturated heterocycles. The lowest BCUT2D eigenvalue weighted by Crippen LogP contribution is -2.13. The standard InChI is InChI=1S/C15H30O2/c1-4-6-7-8-9-10-11-12-13-14(3)17-15(16)5-2/h14H,4-13H2,1-3H3. The van der Waals surface area contributed by atoms with Gasteiger partial charge in [0.25, 0.3) is 0 Å². The van der Waals surface area contributed by atoms with Crippen molar-refractivity contribution in [2.75, 3.05) is 0 Å². The van der Waals surface area contributed by atoms with Gasteiger partial charge in [-0.3, -0.25) is 4.79 Å². The van der Waals surface area contributed by atoms with E-state index >= 15 is 0 Å². The van der Waals surface area contributed by atoms with Gasteiger partial charge in [-0.15, -0.1) is 0 Å². The molecule has 0 rings (SSSR count). The Labute approximate surface area is 107 Å². The summed E-state index contributed by atoms with van der Waals surface area (Å²) in [6.45, 7) is 6.08. The van der Waals surface area contributed by atoms with Crippen molar-refractivity contribution < 1.29 is 9.53 Å². The number of hydrogen-bond donors (Lipinski definition) is 0. The molecule has 0 radical (unpaired) electrons. The van der Waals surface area contributed by atoms with Crippen LogP contribution < -0.4 is 0 Å². The molecule has 2 heteroatoms. The summed E-state index contributed by atoms with van der Waals surface area (Å²) < 4.78 is 5.22. The Morgan fingerprint density at radius 2 is 1.47 bits per heavy atom. The van der Waals surface area contributed by atoms with E-state index in [4.69, 9.17) is 4.74 Å². The zero-order valence-corrected chi connectivity index (χ0v) is 12.0. The Hall–Kier alpha value is -0.530. The van der Waals surface area contributed by atoms with Crippen molar-refractivity contribution in [3.63, 3.8) is 0 Å². The molecule has 0 bridgehead atoms. The van der Waals surface area contributed by atoms with Crippen molar-refractivity contribution in [3.05, 3.63) is 0 Å². The lowest BCUT2D eigenvalue weighted by molar-refractivity contribution is -0.148. The van der Waals surface area contributed by atoms with E-state index < -0.39 is 0 Å². The molecule has 1 atom stereocenters. The maximum atomic E-state index is 11.0. The second-order valence-electron chi connectivity index (χ2n) is 4.92. The first-order valence-corrected chi connectivity index (χ1v) is 7.40. The van der Waals surface area contributed by atoms with Crippen LogP contribution in [0.2, 0.25) is 0 Å². The molecule has 0 N–H and O–H groups in total. The van der Waals surface area contributed by atoms with E-state index in [0.29, 0.717) is 6.42 Å². The van der Waals surface area contributed by atoms with Crippen LogP contribution in [-0.2, 0) is 9.53 Å². The molecule has 0 fully saturated rings. The van der Waals surface area contributed by atoms with Crippen LogP contribution in [-0.4, -0.2) is 12.1 Å². The normalized spacial score (nSPS) is 12.4. The number of hydrogen-bond acceptors (Lipinski definition) is 2. The van der Waals surface area contributed by atoms with Gasteiger partial charge in [0, 0.05) is 6.42 Å². The number of rotatable bonds is 11. The number of esters is 1. The van der Waals surface area contributed by atoms with Crippen LogP contribution >= 0.6 is 0 Å². The molecule has 0 aliphatic rings. The Morgan fingerprint density at radius 3 is 2.00 bits per heavy atom. The smallest absolute Gasteiger partial charge is 0.305 e. The summed E-state index contributed by atoms with van der Waals surface area (Å²) in [7, 11) is 0. The first-order valence-electron chi connectivity index (χ1n) is 7.40. The fourth-order valence-corrected chi connectivity index (χ4v) is 1.93. The minimum absolute atomic E-state index is 0.0722. The lowest BCUT2D eigenvalue weighted by atomic mass is 10.1. The third kappa shape index (κ3) is 11.7. The van der Waals surface area contributed by atoms with E-state index in [1.165, 1.54) is 51.4 Å². The minimum atomic E-state index is -0.0722. The van der Waals surface area contributed by atoms with E-state index in [1.807, 2.05) is 13.8 Å². The Morgan fingerprint density at radius 1 is 0.941 bits per heavy atom. The molecule has 0 aromatic carbocycles. The number of ether oxygens (including phenoxy) is 1. The molecule has 0 saturated carbocycles. The van der Waals surface area contributed by atoms with Gasteiger partial charge in [0.05, 0.1) is 6.10 Å². The predicted octanol–water partition coefficient (Wildman–Crippen LogP) is 4.86. The molecule has 1 unspecified atom stereocenters. The van der Waals surface area contributed by atoms with Crippen LogP contribution in [0.15, 0.2) is 0 Å². The van der Waals surface area contributed by atoms with E-state index in [-0.39, 0.29) is 12.1 Å². The van der Waals surface area contributed by atoms with E-state index in [9.17, 15) is 4.79 Å². The van der Waals surface area contributed by atoms with E-state index in [2.05, 4.69) is 6.92 Å². The maximum absolute atomic E-state index is 11.0. The van der Waals surface area contributed by atoms with Crippen LogP contribution in [0.3, 0.4) is 0 Å². The molecule has 2 nitrogen and oxygen atoms in total. The molecule has 17 heavy (non-hydrogen) atoms.